The second kappa shape index (κ2) is 3.01. The van der Waals surface area contributed by atoms with Crippen LogP contribution in [0.15, 0.2) is 0 Å². The zero-order chi connectivity index (χ0) is 7.49. The van der Waals surface area contributed by atoms with E-state index in [0.29, 0.717) is 0 Å². The van der Waals surface area contributed by atoms with Crippen LogP contribution in [0.2, 0.25) is 0 Å². The highest BCUT2D eigenvalue weighted by atomic mass is 31.2. The summed E-state index contributed by atoms with van der Waals surface area (Å²) in [4.78, 5) is 26.4. The van der Waals surface area contributed by atoms with Crippen molar-refractivity contribution in [2.45, 2.75) is 0 Å². The largest absolute Gasteiger partial charge is 0.543 e. The maximum Gasteiger partial charge on any atom is 0.336 e. The molecule has 0 atom stereocenters. The highest BCUT2D eigenvalue weighted by Crippen LogP contribution is 2.33. The van der Waals surface area contributed by atoms with Crippen molar-refractivity contribution in [2.24, 2.45) is 0 Å². The van der Waals surface area contributed by atoms with Crippen LogP contribution in [0.5, 0.6) is 0 Å². The molecule has 9 heavy (non-hydrogen) atoms. The Morgan fingerprint density at radius 1 is 1.67 bits per heavy atom. The Hall–Kier alpha value is -0.315. The third-order valence-corrected chi connectivity index (χ3v) is 1.23. The summed E-state index contributed by atoms with van der Waals surface area (Å²) in [5.74, 6) is -0.900. The van der Waals surface area contributed by atoms with Gasteiger partial charge in [-0.3, -0.25) is 9.36 Å². The van der Waals surface area contributed by atoms with Crippen LogP contribution < -0.4 is 0 Å². The van der Waals surface area contributed by atoms with E-state index < -0.39 is 19.7 Å². The molecule has 2 N–H and O–H groups in total. The molecule has 0 heterocycles. The summed E-state index contributed by atoms with van der Waals surface area (Å²) in [6.07, 6.45) is -0.844. The molecular weight excluding hydrogens is 146 g/mol. The van der Waals surface area contributed by atoms with Gasteiger partial charge in [0, 0.05) is 0 Å². The number of carbonyl (C=O) groups is 1. The highest BCUT2D eigenvalue weighted by Gasteiger charge is 2.18. The highest BCUT2D eigenvalue weighted by molar-refractivity contribution is 7.52. The first-order valence-corrected chi connectivity index (χ1v) is 3.87. The molecule has 0 aromatic carbocycles. The second-order valence-electron chi connectivity index (χ2n) is 1.40. The molecule has 0 unspecified atom stereocenters. The minimum atomic E-state index is -4.21. The summed E-state index contributed by atoms with van der Waals surface area (Å²) in [5.41, 5.74) is 0. The number of hydrogen-bond acceptors (Lipinski definition) is 3. The fourth-order valence-corrected chi connectivity index (χ4v) is 0.698. The molecule has 5 nitrogen and oxygen atoms in total. The Labute approximate surface area is 52.6 Å². The van der Waals surface area contributed by atoms with Crippen molar-refractivity contribution in [2.75, 3.05) is 6.16 Å². The summed E-state index contributed by atoms with van der Waals surface area (Å²) < 4.78 is 14.0. The predicted molar refractivity (Wildman–Crippen MR) is 31.5 cm³/mol. The summed E-state index contributed by atoms with van der Waals surface area (Å²) >= 11 is 0. The van der Waals surface area contributed by atoms with E-state index in [1.165, 1.54) is 0 Å². The topological polar surface area (TPSA) is 83.8 Å². The first-order valence-electron chi connectivity index (χ1n) is 2.07. The van der Waals surface area contributed by atoms with Gasteiger partial charge in [0.2, 0.25) is 0 Å². The molecule has 0 radical (unpaired) electrons. The van der Waals surface area contributed by atoms with Gasteiger partial charge in [-0.1, -0.05) is 0 Å². The Morgan fingerprint density at radius 3 is 2.22 bits per heavy atom. The lowest BCUT2D eigenvalue weighted by Gasteiger charge is -2.00. The Kier molecular flexibility index (Phi) is 2.90. The van der Waals surface area contributed by atoms with Crippen molar-refractivity contribution in [3.63, 3.8) is 0 Å². The average Bonchev–Trinajstić information content (AvgIpc) is 1.62. The lowest BCUT2D eigenvalue weighted by Crippen LogP contribution is -2.07. The molecule has 0 saturated carbocycles. The van der Waals surface area contributed by atoms with E-state index in [0.717, 1.165) is 8.05 Å². The van der Waals surface area contributed by atoms with Crippen LogP contribution in [0.1, 0.15) is 0 Å². The van der Waals surface area contributed by atoms with Gasteiger partial charge in [-0.25, -0.2) is 0 Å². The first-order chi connectivity index (χ1) is 3.95. The van der Waals surface area contributed by atoms with Gasteiger partial charge in [-0.05, 0) is 0 Å². The van der Waals surface area contributed by atoms with Crippen LogP contribution in [0.3, 0.4) is 0 Å². The van der Waals surface area contributed by atoms with E-state index in [1.807, 2.05) is 0 Å². The lowest BCUT2D eigenvalue weighted by molar-refractivity contribution is -0.131. The molecule has 52 valence electrons. The molecule has 0 fully saturated rings. The normalized spacial score (nSPS) is 10.9. The lowest BCUT2D eigenvalue weighted by atomic mass is 10.6. The standard InChI is InChI=1S/C2H6BO5P/c3-8-2(4)1-9(5,6)7/h1,3H2,(H2,5,6,7). The fourth-order valence-electron chi connectivity index (χ4n) is 0.233. The molecule has 0 saturated heterocycles. The second-order valence-corrected chi connectivity index (χ2v) is 3.04. The van der Waals surface area contributed by atoms with Crippen LogP contribution >= 0.6 is 7.60 Å². The fraction of sp³-hybridized carbons (Fsp3) is 0.500. The quantitative estimate of drug-likeness (QED) is 0.362. The Morgan fingerprint density at radius 2 is 2.11 bits per heavy atom. The minimum absolute atomic E-state index is 0.844. The van der Waals surface area contributed by atoms with E-state index in [9.17, 15) is 9.36 Å². The third kappa shape index (κ3) is 5.56. The van der Waals surface area contributed by atoms with E-state index in [4.69, 9.17) is 9.79 Å². The smallest absolute Gasteiger partial charge is 0.336 e. The van der Waals surface area contributed by atoms with E-state index >= 15 is 0 Å². The van der Waals surface area contributed by atoms with Gasteiger partial charge in [-0.15, -0.1) is 0 Å². The van der Waals surface area contributed by atoms with E-state index in [1.54, 1.807) is 0 Å². The van der Waals surface area contributed by atoms with Gasteiger partial charge >= 0.3 is 15.6 Å². The van der Waals surface area contributed by atoms with Crippen molar-refractivity contribution in [1.29, 1.82) is 0 Å². The van der Waals surface area contributed by atoms with E-state index in [2.05, 4.69) is 4.65 Å². The monoisotopic (exact) mass is 152 g/mol. The molecule has 7 heteroatoms. The van der Waals surface area contributed by atoms with Crippen molar-refractivity contribution >= 4 is 21.6 Å². The van der Waals surface area contributed by atoms with Gasteiger partial charge in [-0.2, -0.15) is 0 Å². The molecule has 0 aliphatic carbocycles. The first kappa shape index (κ1) is 8.68. The average molecular weight is 152 g/mol. The zero-order valence-corrected chi connectivity index (χ0v) is 5.67. The molecule has 0 aromatic heterocycles. The van der Waals surface area contributed by atoms with Crippen LogP contribution in [-0.4, -0.2) is 30.0 Å². The molecular formula is C2H6BO5P. The molecule has 0 aliphatic heterocycles. The van der Waals surface area contributed by atoms with Crippen molar-refractivity contribution in [3.8, 4) is 0 Å². The summed E-state index contributed by atoms with van der Waals surface area (Å²) in [6.45, 7) is 0. The molecule has 0 spiro atoms. The summed E-state index contributed by atoms with van der Waals surface area (Å²) in [7, 11) is -3.15. The minimum Gasteiger partial charge on any atom is -0.543 e. The van der Waals surface area contributed by atoms with Crippen LogP contribution in [-0.2, 0) is 14.0 Å². The summed E-state index contributed by atoms with van der Waals surface area (Å²) in [5, 5.41) is 0. The SMILES string of the molecule is BOC(=O)CP(=O)(O)O. The molecule has 0 bridgehead atoms. The third-order valence-electron chi connectivity index (χ3n) is 0.563. The zero-order valence-electron chi connectivity index (χ0n) is 4.77. The van der Waals surface area contributed by atoms with Gasteiger partial charge in [0.1, 0.15) is 6.16 Å². The van der Waals surface area contributed by atoms with Crippen molar-refractivity contribution in [1.82, 2.24) is 0 Å². The van der Waals surface area contributed by atoms with Crippen molar-refractivity contribution in [3.05, 3.63) is 0 Å². The van der Waals surface area contributed by atoms with Crippen molar-refractivity contribution < 1.29 is 23.8 Å². The van der Waals surface area contributed by atoms with Crippen LogP contribution in [0, 0.1) is 0 Å². The van der Waals surface area contributed by atoms with E-state index in [-0.39, 0.29) is 0 Å². The Bertz CT molecular complexity index is 149. The van der Waals surface area contributed by atoms with Gasteiger partial charge in [0.15, 0.2) is 0 Å². The van der Waals surface area contributed by atoms with Gasteiger partial charge in [0.25, 0.3) is 5.97 Å². The number of hydrogen-bond donors (Lipinski definition) is 2. The number of carbonyl (C=O) groups excluding carboxylic acids is 1. The van der Waals surface area contributed by atoms with Crippen LogP contribution in [0.4, 0.5) is 0 Å². The molecule has 0 rings (SSSR count). The van der Waals surface area contributed by atoms with Gasteiger partial charge < -0.3 is 14.4 Å². The molecule has 0 amide bonds. The Balaban J connectivity index is 3.75. The maximum atomic E-state index is 10.1. The maximum absolute atomic E-state index is 10.1. The number of rotatable bonds is 2. The molecule has 0 aliphatic rings. The molecule has 0 aromatic rings. The predicted octanol–water partition coefficient (Wildman–Crippen LogP) is -1.74. The van der Waals surface area contributed by atoms with Gasteiger partial charge in [0.05, 0.1) is 0 Å². The van der Waals surface area contributed by atoms with Crippen LogP contribution in [0.25, 0.3) is 0 Å². The summed E-state index contributed by atoms with van der Waals surface area (Å²) in [6, 6.07) is 0.